The van der Waals surface area contributed by atoms with Crippen molar-refractivity contribution in [3.05, 3.63) is 29.8 Å². The van der Waals surface area contributed by atoms with Crippen LogP contribution in [0, 0.1) is 0 Å². The highest BCUT2D eigenvalue weighted by atomic mass is 16.5. The van der Waals surface area contributed by atoms with Crippen molar-refractivity contribution in [2.75, 3.05) is 19.8 Å². The minimum absolute atomic E-state index is 0.267. The zero-order valence-electron chi connectivity index (χ0n) is 14.3. The van der Waals surface area contributed by atoms with Crippen LogP contribution in [0.3, 0.4) is 0 Å². The Hall–Kier alpha value is -1.55. The molecule has 0 aliphatic heterocycles. The monoisotopic (exact) mass is 322 g/mol. The first-order valence-corrected chi connectivity index (χ1v) is 8.78. The zero-order chi connectivity index (χ0) is 16.8. The predicted octanol–water partition coefficient (Wildman–Crippen LogP) is 4.92. The number of rotatable bonds is 14. The van der Waals surface area contributed by atoms with E-state index in [1.54, 1.807) is 24.3 Å². The molecular formula is C19H30O4. The number of unbranched alkanes of at least 4 members (excludes halogenated alkanes) is 7. The number of aromatic carboxylic acids is 1. The molecule has 0 atom stereocenters. The molecule has 0 amide bonds. The van der Waals surface area contributed by atoms with Crippen molar-refractivity contribution in [1.29, 1.82) is 0 Å². The number of carboxylic acids is 1. The summed E-state index contributed by atoms with van der Waals surface area (Å²) in [4.78, 5) is 10.7. The molecule has 1 aromatic carbocycles. The minimum atomic E-state index is -0.926. The molecule has 1 aromatic rings. The fourth-order valence-electron chi connectivity index (χ4n) is 2.35. The van der Waals surface area contributed by atoms with Crippen molar-refractivity contribution in [1.82, 2.24) is 0 Å². The van der Waals surface area contributed by atoms with E-state index in [0.29, 0.717) is 19.0 Å². The van der Waals surface area contributed by atoms with Crippen molar-refractivity contribution < 1.29 is 19.4 Å². The minimum Gasteiger partial charge on any atom is -0.491 e. The Bertz CT molecular complexity index is 414. The van der Waals surface area contributed by atoms with Crippen LogP contribution < -0.4 is 4.74 Å². The molecule has 4 nitrogen and oxygen atoms in total. The maximum Gasteiger partial charge on any atom is 0.335 e. The fourth-order valence-corrected chi connectivity index (χ4v) is 2.35. The number of carbonyl (C=O) groups is 1. The van der Waals surface area contributed by atoms with Gasteiger partial charge in [0.25, 0.3) is 0 Å². The summed E-state index contributed by atoms with van der Waals surface area (Å²) in [6, 6.07) is 6.42. The van der Waals surface area contributed by atoms with E-state index in [1.165, 1.54) is 44.9 Å². The number of hydrogen-bond donors (Lipinski definition) is 1. The molecule has 0 unspecified atom stereocenters. The van der Waals surface area contributed by atoms with Crippen molar-refractivity contribution in [3.8, 4) is 5.75 Å². The Morgan fingerprint density at radius 2 is 1.48 bits per heavy atom. The fraction of sp³-hybridized carbons (Fsp3) is 0.632. The molecule has 0 aliphatic carbocycles. The lowest BCUT2D eigenvalue weighted by molar-refractivity contribution is 0.0696. The van der Waals surface area contributed by atoms with Crippen molar-refractivity contribution in [2.24, 2.45) is 0 Å². The van der Waals surface area contributed by atoms with Gasteiger partial charge in [0, 0.05) is 6.61 Å². The third-order valence-corrected chi connectivity index (χ3v) is 3.74. The van der Waals surface area contributed by atoms with Gasteiger partial charge in [-0.05, 0) is 30.7 Å². The maximum atomic E-state index is 10.7. The number of hydrogen-bond acceptors (Lipinski definition) is 3. The van der Waals surface area contributed by atoms with Gasteiger partial charge in [0.05, 0.1) is 12.2 Å². The Labute approximate surface area is 139 Å². The maximum absolute atomic E-state index is 10.7. The van der Waals surface area contributed by atoms with Crippen LogP contribution in [0.2, 0.25) is 0 Å². The lowest BCUT2D eigenvalue weighted by Crippen LogP contribution is -2.07. The van der Waals surface area contributed by atoms with Crippen molar-refractivity contribution in [3.63, 3.8) is 0 Å². The van der Waals surface area contributed by atoms with Gasteiger partial charge >= 0.3 is 5.97 Å². The van der Waals surface area contributed by atoms with Gasteiger partial charge in [-0.3, -0.25) is 0 Å². The summed E-state index contributed by atoms with van der Waals surface area (Å²) in [6.07, 6.45) is 10.4. The molecule has 130 valence electrons. The van der Waals surface area contributed by atoms with Gasteiger partial charge in [-0.25, -0.2) is 4.79 Å². The third kappa shape index (κ3) is 9.95. The largest absolute Gasteiger partial charge is 0.491 e. The Morgan fingerprint density at radius 1 is 0.870 bits per heavy atom. The average Bonchev–Trinajstić information content (AvgIpc) is 2.56. The van der Waals surface area contributed by atoms with Gasteiger partial charge in [0.1, 0.15) is 12.4 Å². The molecule has 1 N–H and O–H groups in total. The molecule has 0 heterocycles. The summed E-state index contributed by atoms with van der Waals surface area (Å²) in [5.41, 5.74) is 0.267. The van der Waals surface area contributed by atoms with Gasteiger partial charge in [0.2, 0.25) is 0 Å². The topological polar surface area (TPSA) is 55.8 Å². The highest BCUT2D eigenvalue weighted by molar-refractivity contribution is 5.87. The lowest BCUT2D eigenvalue weighted by Gasteiger charge is -2.07. The Morgan fingerprint density at radius 3 is 2.09 bits per heavy atom. The highest BCUT2D eigenvalue weighted by Crippen LogP contribution is 2.12. The van der Waals surface area contributed by atoms with Gasteiger partial charge < -0.3 is 14.6 Å². The predicted molar refractivity (Wildman–Crippen MR) is 92.3 cm³/mol. The molecular weight excluding hydrogens is 292 g/mol. The number of carboxylic acid groups (broad SMARTS) is 1. The van der Waals surface area contributed by atoms with Crippen LogP contribution in [0.4, 0.5) is 0 Å². The third-order valence-electron chi connectivity index (χ3n) is 3.74. The lowest BCUT2D eigenvalue weighted by atomic mass is 10.1. The molecule has 0 fully saturated rings. The molecule has 0 aromatic heterocycles. The van der Waals surface area contributed by atoms with Crippen LogP contribution in [0.25, 0.3) is 0 Å². The second kappa shape index (κ2) is 12.9. The summed E-state index contributed by atoms with van der Waals surface area (Å²) >= 11 is 0. The summed E-state index contributed by atoms with van der Waals surface area (Å²) in [7, 11) is 0. The zero-order valence-corrected chi connectivity index (χ0v) is 14.3. The summed E-state index contributed by atoms with van der Waals surface area (Å²) in [6.45, 7) is 4.09. The van der Waals surface area contributed by atoms with E-state index in [0.717, 1.165) is 13.0 Å². The highest BCUT2D eigenvalue weighted by Gasteiger charge is 2.01. The molecule has 0 saturated heterocycles. The molecule has 0 saturated carbocycles. The van der Waals surface area contributed by atoms with E-state index in [2.05, 4.69) is 6.92 Å². The van der Waals surface area contributed by atoms with E-state index < -0.39 is 5.97 Å². The second-order valence-corrected chi connectivity index (χ2v) is 5.77. The molecule has 0 bridgehead atoms. The normalized spacial score (nSPS) is 10.7. The van der Waals surface area contributed by atoms with E-state index in [-0.39, 0.29) is 5.56 Å². The first-order chi connectivity index (χ1) is 11.2. The van der Waals surface area contributed by atoms with Crippen LogP contribution in [0.15, 0.2) is 24.3 Å². The molecule has 1 rings (SSSR count). The van der Waals surface area contributed by atoms with Crippen molar-refractivity contribution >= 4 is 5.97 Å². The quantitative estimate of drug-likeness (QED) is 0.494. The second-order valence-electron chi connectivity index (χ2n) is 5.77. The van der Waals surface area contributed by atoms with Gasteiger partial charge in [-0.2, -0.15) is 0 Å². The van der Waals surface area contributed by atoms with E-state index >= 15 is 0 Å². The van der Waals surface area contributed by atoms with Crippen LogP contribution in [0.5, 0.6) is 5.75 Å². The van der Waals surface area contributed by atoms with Crippen LogP contribution in [0.1, 0.15) is 68.6 Å². The summed E-state index contributed by atoms with van der Waals surface area (Å²) in [5.74, 6) is -0.254. The van der Waals surface area contributed by atoms with E-state index in [1.807, 2.05) is 0 Å². The number of ether oxygens (including phenoxy) is 2. The first kappa shape index (κ1) is 19.5. The van der Waals surface area contributed by atoms with E-state index in [4.69, 9.17) is 14.6 Å². The van der Waals surface area contributed by atoms with Crippen LogP contribution in [-0.2, 0) is 4.74 Å². The standard InChI is InChI=1S/C19H30O4/c1-2-3-4-5-6-7-8-9-14-22-15-16-23-18-12-10-17(11-13-18)19(20)21/h10-13H,2-9,14-16H2,1H3,(H,20,21). The van der Waals surface area contributed by atoms with Crippen LogP contribution in [-0.4, -0.2) is 30.9 Å². The molecule has 4 heteroatoms. The number of benzene rings is 1. The molecule has 0 radical (unpaired) electrons. The summed E-state index contributed by atoms with van der Waals surface area (Å²) < 4.78 is 11.0. The SMILES string of the molecule is CCCCCCCCCCOCCOc1ccc(C(=O)O)cc1. The van der Waals surface area contributed by atoms with Gasteiger partial charge in [-0.15, -0.1) is 0 Å². The van der Waals surface area contributed by atoms with E-state index in [9.17, 15) is 4.79 Å². The molecule has 23 heavy (non-hydrogen) atoms. The van der Waals surface area contributed by atoms with Crippen LogP contribution >= 0.6 is 0 Å². The van der Waals surface area contributed by atoms with Gasteiger partial charge in [0.15, 0.2) is 0 Å². The summed E-state index contributed by atoms with van der Waals surface area (Å²) in [5, 5.41) is 8.80. The van der Waals surface area contributed by atoms with Crippen molar-refractivity contribution in [2.45, 2.75) is 58.3 Å². The molecule has 0 spiro atoms. The smallest absolute Gasteiger partial charge is 0.335 e. The molecule has 0 aliphatic rings. The average molecular weight is 322 g/mol. The Kier molecular flexibility index (Phi) is 11.0. The van der Waals surface area contributed by atoms with Gasteiger partial charge in [-0.1, -0.05) is 51.9 Å². The first-order valence-electron chi connectivity index (χ1n) is 8.78. The Balaban J connectivity index is 1.90.